The Kier molecular flexibility index (Phi) is 4.19. The van der Waals surface area contributed by atoms with Crippen molar-refractivity contribution in [3.63, 3.8) is 0 Å². The van der Waals surface area contributed by atoms with Crippen molar-refractivity contribution in [1.29, 1.82) is 0 Å². The monoisotopic (exact) mass is 305 g/mol. The Hall–Kier alpha value is -1.50. The summed E-state index contributed by atoms with van der Waals surface area (Å²) in [5.41, 5.74) is 3.83. The first-order valence-corrected chi connectivity index (χ1v) is 8.19. The number of benzene rings is 1. The third kappa shape index (κ3) is 2.79. The van der Waals surface area contributed by atoms with Gasteiger partial charge in [-0.15, -0.1) is 0 Å². The lowest BCUT2D eigenvalue weighted by atomic mass is 10.1. The molecule has 0 aliphatic carbocycles. The Morgan fingerprint density at radius 2 is 2.33 bits per heavy atom. The van der Waals surface area contributed by atoms with Crippen LogP contribution in [0.5, 0.6) is 0 Å². The summed E-state index contributed by atoms with van der Waals surface area (Å²) in [4.78, 5) is 14.4. The molecule has 1 amide bonds. The molecule has 1 atom stereocenters. The minimum absolute atomic E-state index is 0.323. The summed E-state index contributed by atoms with van der Waals surface area (Å²) in [5.74, 6) is 7.47. The average Bonchev–Trinajstić information content (AvgIpc) is 2.88. The van der Waals surface area contributed by atoms with Gasteiger partial charge in [-0.25, -0.2) is 5.84 Å². The highest BCUT2D eigenvalue weighted by Crippen LogP contribution is 2.29. The maximum absolute atomic E-state index is 12.0. The molecule has 5 nitrogen and oxygen atoms in total. The van der Waals surface area contributed by atoms with Gasteiger partial charge in [0.05, 0.1) is 0 Å². The topological polar surface area (TPSA) is 71.5 Å². The van der Waals surface area contributed by atoms with Gasteiger partial charge in [0.2, 0.25) is 0 Å². The van der Waals surface area contributed by atoms with Crippen molar-refractivity contribution >= 4 is 28.6 Å². The van der Waals surface area contributed by atoms with E-state index in [1.807, 2.05) is 36.0 Å². The molecule has 3 N–H and O–H groups in total. The fraction of sp³-hybridized carbons (Fsp3) is 0.400. The molecule has 2 heterocycles. The SMILES string of the molecule is CC1CSCCN1Cc1c(C(=O)NN)oc2ccccc12. The van der Waals surface area contributed by atoms with Crippen LogP contribution in [0.25, 0.3) is 11.0 Å². The number of amides is 1. The van der Waals surface area contributed by atoms with Gasteiger partial charge in [-0.05, 0) is 13.0 Å². The highest BCUT2D eigenvalue weighted by molar-refractivity contribution is 7.99. The largest absolute Gasteiger partial charge is 0.451 e. The van der Waals surface area contributed by atoms with Crippen molar-refractivity contribution in [1.82, 2.24) is 10.3 Å². The minimum Gasteiger partial charge on any atom is -0.451 e. The number of carbonyl (C=O) groups excluding carboxylic acids is 1. The number of hydrogen-bond donors (Lipinski definition) is 2. The molecule has 1 aromatic carbocycles. The highest BCUT2D eigenvalue weighted by Gasteiger charge is 2.25. The van der Waals surface area contributed by atoms with Gasteiger partial charge in [0.1, 0.15) is 5.58 Å². The number of nitrogens with zero attached hydrogens (tertiary/aromatic N) is 1. The van der Waals surface area contributed by atoms with Crippen molar-refractivity contribution in [3.05, 3.63) is 35.6 Å². The highest BCUT2D eigenvalue weighted by atomic mass is 32.2. The Balaban J connectivity index is 2.00. The first-order valence-electron chi connectivity index (χ1n) is 7.04. The molecule has 2 aromatic rings. The Morgan fingerprint density at radius 1 is 1.52 bits per heavy atom. The number of nitrogens with one attached hydrogen (secondary N) is 1. The lowest BCUT2D eigenvalue weighted by molar-refractivity contribution is 0.0924. The second-order valence-corrected chi connectivity index (χ2v) is 6.42. The van der Waals surface area contributed by atoms with E-state index in [0.29, 0.717) is 18.3 Å². The van der Waals surface area contributed by atoms with Gasteiger partial charge in [0.15, 0.2) is 5.76 Å². The summed E-state index contributed by atoms with van der Waals surface area (Å²) in [6.45, 7) is 3.95. The quantitative estimate of drug-likeness (QED) is 0.515. The van der Waals surface area contributed by atoms with Crippen LogP contribution in [0, 0.1) is 0 Å². The minimum atomic E-state index is -0.375. The van der Waals surface area contributed by atoms with E-state index in [-0.39, 0.29) is 5.91 Å². The van der Waals surface area contributed by atoms with E-state index in [1.54, 1.807) is 0 Å². The van der Waals surface area contributed by atoms with Crippen molar-refractivity contribution in [2.75, 3.05) is 18.1 Å². The van der Waals surface area contributed by atoms with Gasteiger partial charge in [-0.3, -0.25) is 15.1 Å². The van der Waals surface area contributed by atoms with Crippen LogP contribution in [0.2, 0.25) is 0 Å². The first kappa shape index (κ1) is 14.4. The number of carbonyl (C=O) groups is 1. The Labute approximate surface area is 127 Å². The van der Waals surface area contributed by atoms with E-state index in [1.165, 1.54) is 0 Å². The van der Waals surface area contributed by atoms with Crippen LogP contribution in [-0.2, 0) is 6.54 Å². The van der Waals surface area contributed by atoms with Crippen LogP contribution >= 0.6 is 11.8 Å². The fourth-order valence-electron chi connectivity index (χ4n) is 2.70. The van der Waals surface area contributed by atoms with Crippen molar-refractivity contribution in [2.24, 2.45) is 5.84 Å². The molecule has 0 saturated carbocycles. The zero-order valence-electron chi connectivity index (χ0n) is 12.0. The van der Waals surface area contributed by atoms with Crippen LogP contribution in [0.15, 0.2) is 28.7 Å². The molecular weight excluding hydrogens is 286 g/mol. The van der Waals surface area contributed by atoms with E-state index in [0.717, 1.165) is 34.6 Å². The number of furan rings is 1. The molecule has 1 fully saturated rings. The van der Waals surface area contributed by atoms with E-state index >= 15 is 0 Å². The van der Waals surface area contributed by atoms with Gasteiger partial charge in [0, 0.05) is 41.6 Å². The molecule has 1 aromatic heterocycles. The van der Waals surface area contributed by atoms with Crippen molar-refractivity contribution in [3.8, 4) is 0 Å². The van der Waals surface area contributed by atoms with E-state index in [4.69, 9.17) is 10.3 Å². The second-order valence-electron chi connectivity index (χ2n) is 5.27. The molecule has 1 unspecified atom stereocenters. The average molecular weight is 305 g/mol. The zero-order chi connectivity index (χ0) is 14.8. The lowest BCUT2D eigenvalue weighted by Gasteiger charge is -2.32. The van der Waals surface area contributed by atoms with Crippen molar-refractivity contribution in [2.45, 2.75) is 19.5 Å². The number of para-hydroxylation sites is 1. The molecular formula is C15H19N3O2S. The molecule has 0 radical (unpaired) electrons. The molecule has 1 aliphatic heterocycles. The Bertz CT molecular complexity index is 655. The number of thioether (sulfide) groups is 1. The number of nitrogens with two attached hydrogens (primary N) is 1. The summed E-state index contributed by atoms with van der Waals surface area (Å²) in [7, 11) is 0. The standard InChI is InChI=1S/C15H19N3O2S/c1-10-9-21-7-6-18(10)8-12-11-4-2-3-5-13(11)20-14(12)15(19)17-16/h2-5,10H,6-9,16H2,1H3,(H,17,19). The number of hydrazine groups is 1. The van der Waals surface area contributed by atoms with Gasteiger partial charge in [-0.2, -0.15) is 11.8 Å². The van der Waals surface area contributed by atoms with Crippen LogP contribution in [0.1, 0.15) is 23.0 Å². The smallest absolute Gasteiger partial charge is 0.301 e. The van der Waals surface area contributed by atoms with Crippen LogP contribution < -0.4 is 11.3 Å². The molecule has 3 rings (SSSR count). The van der Waals surface area contributed by atoms with E-state index in [2.05, 4.69) is 17.2 Å². The zero-order valence-corrected chi connectivity index (χ0v) is 12.8. The first-order chi connectivity index (χ1) is 10.2. The number of nitrogen functional groups attached to an aromatic ring is 1. The second kappa shape index (κ2) is 6.09. The van der Waals surface area contributed by atoms with Crippen LogP contribution in [-0.4, -0.2) is 34.9 Å². The van der Waals surface area contributed by atoms with E-state index < -0.39 is 0 Å². The lowest BCUT2D eigenvalue weighted by Crippen LogP contribution is -2.40. The summed E-state index contributed by atoms with van der Waals surface area (Å²) in [5, 5.41) is 0.988. The molecule has 1 saturated heterocycles. The molecule has 6 heteroatoms. The van der Waals surface area contributed by atoms with Gasteiger partial charge in [0.25, 0.3) is 0 Å². The predicted octanol–water partition coefficient (Wildman–Crippen LogP) is 1.97. The molecule has 1 aliphatic rings. The third-order valence-electron chi connectivity index (χ3n) is 3.90. The number of fused-ring (bicyclic) bond motifs is 1. The van der Waals surface area contributed by atoms with Gasteiger partial charge >= 0.3 is 5.91 Å². The molecule has 21 heavy (non-hydrogen) atoms. The maximum Gasteiger partial charge on any atom is 0.301 e. The molecule has 112 valence electrons. The Morgan fingerprint density at radius 3 is 3.10 bits per heavy atom. The predicted molar refractivity (Wildman–Crippen MR) is 85.1 cm³/mol. The normalized spacial score (nSPS) is 19.8. The van der Waals surface area contributed by atoms with Crippen molar-refractivity contribution < 1.29 is 9.21 Å². The fourth-order valence-corrected chi connectivity index (χ4v) is 3.79. The summed E-state index contributed by atoms with van der Waals surface area (Å²) >= 11 is 1.97. The molecule has 0 bridgehead atoms. The summed E-state index contributed by atoms with van der Waals surface area (Å²) < 4.78 is 5.70. The number of hydrogen-bond acceptors (Lipinski definition) is 5. The van der Waals surface area contributed by atoms with E-state index in [9.17, 15) is 4.79 Å². The van der Waals surface area contributed by atoms with Gasteiger partial charge < -0.3 is 4.42 Å². The summed E-state index contributed by atoms with van der Waals surface area (Å²) in [6, 6.07) is 8.22. The molecule has 0 spiro atoms. The van der Waals surface area contributed by atoms with Crippen LogP contribution in [0.3, 0.4) is 0 Å². The third-order valence-corrected chi connectivity index (χ3v) is 5.09. The van der Waals surface area contributed by atoms with Crippen LogP contribution in [0.4, 0.5) is 0 Å². The van der Waals surface area contributed by atoms with Gasteiger partial charge in [-0.1, -0.05) is 18.2 Å². The number of rotatable bonds is 3. The summed E-state index contributed by atoms with van der Waals surface area (Å²) in [6.07, 6.45) is 0. The maximum atomic E-state index is 12.0.